The number of carbonyl (C=O) groups excluding carboxylic acids is 1. The van der Waals surface area contributed by atoms with Gasteiger partial charge in [0.2, 0.25) is 0 Å². The molecule has 0 spiro atoms. The van der Waals surface area contributed by atoms with Crippen LogP contribution in [0.25, 0.3) is 6.08 Å². The van der Waals surface area contributed by atoms with Crippen LogP contribution in [0.5, 0.6) is 0 Å². The number of allylic oxidation sites excluding steroid dienone is 2. The summed E-state index contributed by atoms with van der Waals surface area (Å²) in [6.07, 6.45) is 4.94. The van der Waals surface area contributed by atoms with Crippen molar-refractivity contribution in [3.63, 3.8) is 0 Å². The van der Waals surface area contributed by atoms with E-state index in [1.807, 2.05) is 19.1 Å². The molecule has 1 aromatic carbocycles. The van der Waals surface area contributed by atoms with E-state index in [2.05, 4.69) is 0 Å². The lowest BCUT2D eigenvalue weighted by atomic mass is 10.1. The summed E-state index contributed by atoms with van der Waals surface area (Å²) in [6, 6.07) is 5.27. The Bertz CT molecular complexity index is 491. The first kappa shape index (κ1) is 14.8. The number of rotatable bonds is 4. The summed E-state index contributed by atoms with van der Waals surface area (Å²) in [4.78, 5) is 11.1. The van der Waals surface area contributed by atoms with Crippen molar-refractivity contribution in [1.29, 1.82) is 0 Å². The van der Waals surface area contributed by atoms with Crippen LogP contribution in [0.4, 0.5) is 0 Å². The van der Waals surface area contributed by atoms with Crippen LogP contribution in [0.3, 0.4) is 0 Å². The van der Waals surface area contributed by atoms with Gasteiger partial charge in [0.05, 0.1) is 6.61 Å². The fourth-order valence-corrected chi connectivity index (χ4v) is 1.76. The van der Waals surface area contributed by atoms with Crippen molar-refractivity contribution >= 4 is 35.2 Å². The van der Waals surface area contributed by atoms with Gasteiger partial charge < -0.3 is 4.74 Å². The van der Waals surface area contributed by atoms with Gasteiger partial charge in [-0.1, -0.05) is 47.0 Å². The minimum atomic E-state index is -0.354. The quantitative estimate of drug-likeness (QED) is 0.462. The van der Waals surface area contributed by atoms with Crippen molar-refractivity contribution in [3.05, 3.63) is 51.5 Å². The lowest BCUT2D eigenvalue weighted by molar-refractivity contribution is -0.137. The molecule has 1 rings (SSSR count). The Labute approximate surface area is 117 Å². The predicted octanol–water partition coefficient (Wildman–Crippen LogP) is 4.52. The molecule has 4 heteroatoms. The average Bonchev–Trinajstić information content (AvgIpc) is 2.31. The molecule has 0 unspecified atom stereocenters. The summed E-state index contributed by atoms with van der Waals surface area (Å²) in [7, 11) is 0. The van der Waals surface area contributed by atoms with Gasteiger partial charge in [-0.2, -0.15) is 0 Å². The van der Waals surface area contributed by atoms with E-state index in [4.69, 9.17) is 27.9 Å². The largest absolute Gasteiger partial charge is 0.463 e. The van der Waals surface area contributed by atoms with Crippen molar-refractivity contribution in [1.82, 2.24) is 0 Å². The van der Waals surface area contributed by atoms with Crippen LogP contribution in [0.15, 0.2) is 35.9 Å². The van der Waals surface area contributed by atoms with E-state index >= 15 is 0 Å². The van der Waals surface area contributed by atoms with Gasteiger partial charge in [0.25, 0.3) is 0 Å². The lowest BCUT2D eigenvalue weighted by Gasteiger charge is -2.00. The van der Waals surface area contributed by atoms with E-state index in [-0.39, 0.29) is 5.97 Å². The lowest BCUT2D eigenvalue weighted by Crippen LogP contribution is -1.98. The fourth-order valence-electron chi connectivity index (χ4n) is 1.30. The third kappa shape index (κ3) is 4.94. The van der Waals surface area contributed by atoms with E-state index in [1.165, 1.54) is 6.08 Å². The number of hydrogen-bond donors (Lipinski definition) is 0. The zero-order valence-corrected chi connectivity index (χ0v) is 11.8. The second kappa shape index (κ2) is 7.24. The zero-order chi connectivity index (χ0) is 13.5. The van der Waals surface area contributed by atoms with E-state index in [0.717, 1.165) is 11.1 Å². The van der Waals surface area contributed by atoms with Gasteiger partial charge in [-0.3, -0.25) is 0 Å². The number of hydrogen-bond acceptors (Lipinski definition) is 2. The molecule has 96 valence electrons. The number of ether oxygens (including phenoxy) is 1. The molecule has 2 nitrogen and oxygen atoms in total. The van der Waals surface area contributed by atoms with Crippen LogP contribution >= 0.6 is 23.2 Å². The van der Waals surface area contributed by atoms with Gasteiger partial charge in [0.1, 0.15) is 0 Å². The molecule has 0 saturated carbocycles. The molecular weight excluding hydrogens is 271 g/mol. The monoisotopic (exact) mass is 284 g/mol. The molecule has 1 aromatic rings. The van der Waals surface area contributed by atoms with Crippen LogP contribution in [0.1, 0.15) is 19.4 Å². The van der Waals surface area contributed by atoms with Crippen LogP contribution in [-0.2, 0) is 9.53 Å². The number of carbonyl (C=O) groups is 1. The molecule has 0 aliphatic carbocycles. The molecule has 0 amide bonds. The molecule has 0 N–H and O–H groups in total. The maximum atomic E-state index is 11.1. The number of esters is 1. The highest BCUT2D eigenvalue weighted by Crippen LogP contribution is 2.23. The van der Waals surface area contributed by atoms with Crippen molar-refractivity contribution in [2.45, 2.75) is 13.8 Å². The summed E-state index contributed by atoms with van der Waals surface area (Å²) in [5, 5.41) is 1.17. The first-order valence-electron chi connectivity index (χ1n) is 5.51. The topological polar surface area (TPSA) is 26.3 Å². The first-order valence-corrected chi connectivity index (χ1v) is 6.26. The Morgan fingerprint density at radius 2 is 2.06 bits per heavy atom. The first-order chi connectivity index (χ1) is 8.52. The van der Waals surface area contributed by atoms with Gasteiger partial charge in [-0.05, 0) is 31.5 Å². The van der Waals surface area contributed by atoms with Gasteiger partial charge in [-0.15, -0.1) is 0 Å². The molecule has 0 radical (unpaired) electrons. The van der Waals surface area contributed by atoms with Crippen LogP contribution < -0.4 is 0 Å². The Morgan fingerprint density at radius 3 is 2.67 bits per heavy atom. The molecular formula is C14H14Cl2O2. The van der Waals surface area contributed by atoms with Crippen molar-refractivity contribution in [2.24, 2.45) is 0 Å². The molecule has 0 aliphatic rings. The van der Waals surface area contributed by atoms with E-state index in [0.29, 0.717) is 16.7 Å². The Morgan fingerprint density at radius 1 is 1.33 bits per heavy atom. The molecule has 0 aliphatic heterocycles. The summed E-state index contributed by atoms with van der Waals surface area (Å²) in [5.74, 6) is -0.354. The molecule has 18 heavy (non-hydrogen) atoms. The SMILES string of the molecule is CCOC(=O)C=CC(C)=Cc1ccc(Cl)cc1Cl. The third-order valence-electron chi connectivity index (χ3n) is 2.11. The summed E-state index contributed by atoms with van der Waals surface area (Å²) < 4.78 is 4.79. The summed E-state index contributed by atoms with van der Waals surface area (Å²) in [5.41, 5.74) is 1.75. The molecule has 0 fully saturated rings. The van der Waals surface area contributed by atoms with Crippen molar-refractivity contribution < 1.29 is 9.53 Å². The molecule has 0 saturated heterocycles. The van der Waals surface area contributed by atoms with Crippen LogP contribution in [0, 0.1) is 0 Å². The zero-order valence-electron chi connectivity index (χ0n) is 10.2. The molecule has 0 bridgehead atoms. The maximum absolute atomic E-state index is 11.1. The second-order valence-electron chi connectivity index (χ2n) is 3.64. The normalized spacial score (nSPS) is 11.9. The number of benzene rings is 1. The third-order valence-corrected chi connectivity index (χ3v) is 2.68. The standard InChI is InChI=1S/C14H14Cl2O2/c1-3-18-14(17)7-4-10(2)8-11-5-6-12(15)9-13(11)16/h4-9H,3H2,1-2H3. The molecule has 0 heterocycles. The van der Waals surface area contributed by atoms with Gasteiger partial charge in [-0.25, -0.2) is 4.79 Å². The van der Waals surface area contributed by atoms with Gasteiger partial charge in [0.15, 0.2) is 0 Å². The second-order valence-corrected chi connectivity index (χ2v) is 4.48. The van der Waals surface area contributed by atoms with Gasteiger partial charge >= 0.3 is 5.97 Å². The Hall–Kier alpha value is -1.25. The minimum Gasteiger partial charge on any atom is -0.463 e. The molecule has 0 atom stereocenters. The highest BCUT2D eigenvalue weighted by molar-refractivity contribution is 6.35. The smallest absolute Gasteiger partial charge is 0.330 e. The van der Waals surface area contributed by atoms with Crippen LogP contribution in [0.2, 0.25) is 10.0 Å². The fraction of sp³-hybridized carbons (Fsp3) is 0.214. The number of halogens is 2. The minimum absolute atomic E-state index is 0.354. The Balaban J connectivity index is 2.79. The van der Waals surface area contributed by atoms with Crippen LogP contribution in [-0.4, -0.2) is 12.6 Å². The van der Waals surface area contributed by atoms with E-state index in [9.17, 15) is 4.79 Å². The van der Waals surface area contributed by atoms with Crippen molar-refractivity contribution in [3.8, 4) is 0 Å². The summed E-state index contributed by atoms with van der Waals surface area (Å²) >= 11 is 11.9. The molecule has 0 aromatic heterocycles. The maximum Gasteiger partial charge on any atom is 0.330 e. The van der Waals surface area contributed by atoms with E-state index in [1.54, 1.807) is 25.1 Å². The average molecular weight is 285 g/mol. The highest BCUT2D eigenvalue weighted by atomic mass is 35.5. The summed E-state index contributed by atoms with van der Waals surface area (Å²) in [6.45, 7) is 4.01. The highest BCUT2D eigenvalue weighted by Gasteiger charge is 1.99. The Kier molecular flexibility index (Phi) is 5.96. The van der Waals surface area contributed by atoms with E-state index < -0.39 is 0 Å². The predicted molar refractivity (Wildman–Crippen MR) is 75.9 cm³/mol. The van der Waals surface area contributed by atoms with Crippen molar-refractivity contribution in [2.75, 3.05) is 6.61 Å². The van der Waals surface area contributed by atoms with Gasteiger partial charge in [0, 0.05) is 16.1 Å².